The van der Waals surface area contributed by atoms with Crippen LogP contribution < -0.4 is 11.1 Å². The summed E-state index contributed by atoms with van der Waals surface area (Å²) >= 11 is 0. The highest BCUT2D eigenvalue weighted by Gasteiger charge is 2.00. The summed E-state index contributed by atoms with van der Waals surface area (Å²) in [4.78, 5) is 11.0. The second-order valence-corrected chi connectivity index (χ2v) is 2.87. The fourth-order valence-corrected chi connectivity index (χ4v) is 0.606. The summed E-state index contributed by atoms with van der Waals surface area (Å²) in [6, 6.07) is 0.0538. The number of amides is 1. The average Bonchev–Trinajstić information content (AvgIpc) is 1.85. The van der Waals surface area contributed by atoms with Crippen molar-refractivity contribution in [3.8, 4) is 0 Å². The monoisotopic (exact) mass is 156 g/mol. The van der Waals surface area contributed by atoms with Gasteiger partial charge in [-0.2, -0.15) is 0 Å². The Kier molecular flexibility index (Phi) is 4.54. The van der Waals surface area contributed by atoms with Gasteiger partial charge in [0, 0.05) is 18.7 Å². The van der Waals surface area contributed by atoms with Gasteiger partial charge in [0.25, 0.3) is 0 Å². The molecule has 3 nitrogen and oxygen atoms in total. The lowest BCUT2D eigenvalue weighted by Gasteiger charge is -2.08. The molecular formula is C8H16N2O. The molecular weight excluding hydrogens is 140 g/mol. The molecule has 0 spiro atoms. The summed E-state index contributed by atoms with van der Waals surface area (Å²) in [6.45, 7) is 6.11. The average molecular weight is 156 g/mol. The topological polar surface area (TPSA) is 55.1 Å². The summed E-state index contributed by atoms with van der Waals surface area (Å²) < 4.78 is 0. The lowest BCUT2D eigenvalue weighted by molar-refractivity contribution is -0.117. The summed E-state index contributed by atoms with van der Waals surface area (Å²) in [5, 5.41) is 2.72. The van der Waals surface area contributed by atoms with Crippen LogP contribution in [0.5, 0.6) is 0 Å². The van der Waals surface area contributed by atoms with Crippen LogP contribution in [0.25, 0.3) is 0 Å². The number of allylic oxidation sites excluding steroid dienone is 1. The Morgan fingerprint density at radius 3 is 2.55 bits per heavy atom. The van der Waals surface area contributed by atoms with Crippen molar-refractivity contribution in [2.75, 3.05) is 6.54 Å². The molecule has 1 amide bonds. The number of hydrogen-bond donors (Lipinski definition) is 2. The molecule has 3 N–H and O–H groups in total. The van der Waals surface area contributed by atoms with Gasteiger partial charge < -0.3 is 11.1 Å². The zero-order valence-electron chi connectivity index (χ0n) is 7.35. The molecule has 11 heavy (non-hydrogen) atoms. The maximum absolute atomic E-state index is 11.0. The van der Waals surface area contributed by atoms with Gasteiger partial charge in [0.15, 0.2) is 0 Å². The van der Waals surface area contributed by atoms with Gasteiger partial charge in [-0.25, -0.2) is 0 Å². The third kappa shape index (κ3) is 5.61. The zero-order valence-corrected chi connectivity index (χ0v) is 7.35. The minimum absolute atomic E-state index is 0.0538. The van der Waals surface area contributed by atoms with E-state index < -0.39 is 0 Å². The molecule has 3 heteroatoms. The summed E-state index contributed by atoms with van der Waals surface area (Å²) in [5.41, 5.74) is 6.31. The predicted molar refractivity (Wildman–Crippen MR) is 46.1 cm³/mol. The number of hydrogen-bond acceptors (Lipinski definition) is 2. The lowest BCUT2D eigenvalue weighted by atomic mass is 10.3. The van der Waals surface area contributed by atoms with Crippen LogP contribution in [0, 0.1) is 0 Å². The molecule has 0 radical (unpaired) electrons. The molecule has 0 bridgehead atoms. The van der Waals surface area contributed by atoms with Crippen LogP contribution in [0.15, 0.2) is 11.6 Å². The van der Waals surface area contributed by atoms with Crippen molar-refractivity contribution in [3.63, 3.8) is 0 Å². The Hall–Kier alpha value is -0.830. The second kappa shape index (κ2) is 4.91. The van der Waals surface area contributed by atoms with Crippen LogP contribution >= 0.6 is 0 Å². The van der Waals surface area contributed by atoms with Gasteiger partial charge in [-0.3, -0.25) is 4.79 Å². The van der Waals surface area contributed by atoms with Crippen LogP contribution in [0.3, 0.4) is 0 Å². The van der Waals surface area contributed by atoms with Crippen LogP contribution in [0.4, 0.5) is 0 Å². The zero-order chi connectivity index (χ0) is 8.85. The molecule has 0 saturated heterocycles. The van der Waals surface area contributed by atoms with E-state index in [4.69, 9.17) is 5.73 Å². The van der Waals surface area contributed by atoms with Gasteiger partial charge in [0.05, 0.1) is 0 Å². The SMILES string of the molecule is CC(C)=CC(=O)NC(C)CN. The molecule has 0 aliphatic rings. The molecule has 0 heterocycles. The van der Waals surface area contributed by atoms with Crippen molar-refractivity contribution in [3.05, 3.63) is 11.6 Å². The van der Waals surface area contributed by atoms with Gasteiger partial charge >= 0.3 is 0 Å². The molecule has 1 unspecified atom stereocenters. The van der Waals surface area contributed by atoms with Gasteiger partial charge in [-0.05, 0) is 20.8 Å². The van der Waals surface area contributed by atoms with Crippen molar-refractivity contribution in [2.45, 2.75) is 26.8 Å². The van der Waals surface area contributed by atoms with Gasteiger partial charge in [0.2, 0.25) is 5.91 Å². The molecule has 0 aromatic carbocycles. The fourth-order valence-electron chi connectivity index (χ4n) is 0.606. The molecule has 0 aliphatic heterocycles. The van der Waals surface area contributed by atoms with Crippen LogP contribution in [0.2, 0.25) is 0 Å². The Morgan fingerprint density at radius 1 is 1.64 bits per heavy atom. The Morgan fingerprint density at radius 2 is 2.18 bits per heavy atom. The van der Waals surface area contributed by atoms with Gasteiger partial charge in [-0.15, -0.1) is 0 Å². The minimum atomic E-state index is -0.0667. The third-order valence-corrected chi connectivity index (χ3v) is 1.16. The number of rotatable bonds is 3. The van der Waals surface area contributed by atoms with Gasteiger partial charge in [0.1, 0.15) is 0 Å². The summed E-state index contributed by atoms with van der Waals surface area (Å²) in [7, 11) is 0. The number of carbonyl (C=O) groups is 1. The van der Waals surface area contributed by atoms with Gasteiger partial charge in [-0.1, -0.05) is 5.57 Å². The Balaban J connectivity index is 3.79. The maximum Gasteiger partial charge on any atom is 0.244 e. The van der Waals surface area contributed by atoms with Crippen molar-refractivity contribution >= 4 is 5.91 Å². The highest BCUT2D eigenvalue weighted by atomic mass is 16.1. The molecule has 1 atom stereocenters. The van der Waals surface area contributed by atoms with E-state index in [-0.39, 0.29) is 11.9 Å². The maximum atomic E-state index is 11.0. The number of carbonyl (C=O) groups excluding carboxylic acids is 1. The summed E-state index contributed by atoms with van der Waals surface area (Å²) in [5.74, 6) is -0.0667. The highest BCUT2D eigenvalue weighted by molar-refractivity contribution is 5.88. The molecule has 0 rings (SSSR count). The van der Waals surface area contributed by atoms with E-state index in [0.717, 1.165) is 5.57 Å². The van der Waals surface area contributed by atoms with E-state index in [1.54, 1.807) is 6.08 Å². The van der Waals surface area contributed by atoms with Crippen LogP contribution in [-0.4, -0.2) is 18.5 Å². The molecule has 0 saturated carbocycles. The first-order valence-electron chi connectivity index (χ1n) is 3.71. The Bertz CT molecular complexity index is 159. The molecule has 0 fully saturated rings. The second-order valence-electron chi connectivity index (χ2n) is 2.87. The standard InChI is InChI=1S/C8H16N2O/c1-6(2)4-8(11)10-7(3)5-9/h4,7H,5,9H2,1-3H3,(H,10,11). The quantitative estimate of drug-likeness (QED) is 0.582. The first kappa shape index (κ1) is 10.2. The highest BCUT2D eigenvalue weighted by Crippen LogP contribution is 1.88. The first-order chi connectivity index (χ1) is 5.06. The predicted octanol–water partition coefficient (Wildman–Crippen LogP) is 0.416. The van der Waals surface area contributed by atoms with Crippen molar-refractivity contribution < 1.29 is 4.79 Å². The van der Waals surface area contributed by atoms with Crippen LogP contribution in [0.1, 0.15) is 20.8 Å². The van der Waals surface area contributed by atoms with E-state index in [0.29, 0.717) is 6.54 Å². The molecule has 64 valence electrons. The fraction of sp³-hybridized carbons (Fsp3) is 0.625. The van der Waals surface area contributed by atoms with E-state index in [2.05, 4.69) is 5.32 Å². The van der Waals surface area contributed by atoms with E-state index in [1.807, 2.05) is 20.8 Å². The smallest absolute Gasteiger partial charge is 0.244 e. The third-order valence-electron chi connectivity index (χ3n) is 1.16. The molecule has 0 aliphatic carbocycles. The number of nitrogens with one attached hydrogen (secondary N) is 1. The lowest BCUT2D eigenvalue weighted by Crippen LogP contribution is -2.36. The largest absolute Gasteiger partial charge is 0.349 e. The van der Waals surface area contributed by atoms with Crippen molar-refractivity contribution in [2.24, 2.45) is 5.73 Å². The minimum Gasteiger partial charge on any atom is -0.349 e. The van der Waals surface area contributed by atoms with Crippen LogP contribution in [-0.2, 0) is 4.79 Å². The van der Waals surface area contributed by atoms with Crippen molar-refractivity contribution in [1.29, 1.82) is 0 Å². The molecule has 0 aromatic rings. The van der Waals surface area contributed by atoms with Crippen molar-refractivity contribution in [1.82, 2.24) is 5.32 Å². The first-order valence-corrected chi connectivity index (χ1v) is 3.71. The summed E-state index contributed by atoms with van der Waals surface area (Å²) in [6.07, 6.45) is 1.56. The van der Waals surface area contributed by atoms with E-state index in [1.165, 1.54) is 0 Å². The Labute approximate surface area is 67.7 Å². The molecule has 0 aromatic heterocycles. The number of nitrogens with two attached hydrogens (primary N) is 1. The van der Waals surface area contributed by atoms with E-state index >= 15 is 0 Å². The normalized spacial score (nSPS) is 12.0. The van der Waals surface area contributed by atoms with E-state index in [9.17, 15) is 4.79 Å².